The third-order valence-corrected chi connectivity index (χ3v) is 2.86. The summed E-state index contributed by atoms with van der Waals surface area (Å²) < 4.78 is 38.7. The molecule has 0 unspecified atom stereocenters. The predicted molar refractivity (Wildman–Crippen MR) is 76.1 cm³/mol. The van der Waals surface area contributed by atoms with Crippen LogP contribution in [0.25, 0.3) is 11.3 Å². The molecule has 112 valence electrons. The highest BCUT2D eigenvalue weighted by atomic mass is 19.4. The van der Waals surface area contributed by atoms with E-state index in [4.69, 9.17) is 0 Å². The van der Waals surface area contributed by atoms with Crippen LogP contribution in [-0.2, 0) is 6.18 Å². The minimum atomic E-state index is -4.57. The third-order valence-electron chi connectivity index (χ3n) is 2.86. The molecule has 0 spiro atoms. The smallest absolute Gasteiger partial charge is 0.370 e. The Hall–Kier alpha value is -2.11. The first kappa shape index (κ1) is 15.3. The molecule has 0 fully saturated rings. The normalized spacial score (nSPS) is 11.5. The Bertz CT molecular complexity index is 631. The zero-order valence-electron chi connectivity index (χ0n) is 12.0. The maximum atomic E-state index is 12.9. The Kier molecular flexibility index (Phi) is 4.16. The van der Waals surface area contributed by atoms with Crippen molar-refractivity contribution in [3.63, 3.8) is 0 Å². The summed E-state index contributed by atoms with van der Waals surface area (Å²) in [5.74, 6) is -0.955. The predicted octanol–water partition coefficient (Wildman–Crippen LogP) is 4.21. The Labute approximate surface area is 121 Å². The topological polar surface area (TPSA) is 37.8 Å². The number of rotatable bonds is 3. The maximum absolute atomic E-state index is 12.9. The highest BCUT2D eigenvalue weighted by Gasteiger charge is 2.35. The summed E-state index contributed by atoms with van der Waals surface area (Å²) in [6.07, 6.45) is -4.57. The Morgan fingerprint density at radius 3 is 2.14 bits per heavy atom. The van der Waals surface area contributed by atoms with Crippen molar-refractivity contribution in [1.29, 1.82) is 0 Å². The molecular formula is C15H16F3N3. The minimum absolute atomic E-state index is 0.175. The van der Waals surface area contributed by atoms with Gasteiger partial charge in [-0.15, -0.1) is 0 Å². The zero-order chi connectivity index (χ0) is 15.6. The van der Waals surface area contributed by atoms with Gasteiger partial charge >= 0.3 is 6.18 Å². The first-order valence-corrected chi connectivity index (χ1v) is 6.58. The summed E-state index contributed by atoms with van der Waals surface area (Å²) in [5, 5.41) is 2.81. The summed E-state index contributed by atoms with van der Waals surface area (Å²) in [6, 6.07) is 7.12. The molecule has 2 rings (SSSR count). The van der Waals surface area contributed by atoms with Gasteiger partial charge in [0.2, 0.25) is 5.82 Å². The number of halogens is 3. The fourth-order valence-corrected chi connectivity index (χ4v) is 2.12. The van der Waals surface area contributed by atoms with E-state index < -0.39 is 12.0 Å². The van der Waals surface area contributed by atoms with E-state index in [0.717, 1.165) is 11.1 Å². The number of aromatic nitrogens is 2. The van der Waals surface area contributed by atoms with Gasteiger partial charge in [0.05, 0.1) is 5.69 Å². The molecule has 1 N–H and O–H groups in total. The quantitative estimate of drug-likeness (QED) is 0.921. The van der Waals surface area contributed by atoms with Crippen LogP contribution in [0, 0.1) is 13.8 Å². The van der Waals surface area contributed by atoms with Crippen LogP contribution in [-0.4, -0.2) is 16.5 Å². The molecule has 1 aromatic heterocycles. The molecule has 0 saturated heterocycles. The Morgan fingerprint density at radius 2 is 1.62 bits per heavy atom. The number of hydrogen-bond donors (Lipinski definition) is 1. The van der Waals surface area contributed by atoms with Crippen molar-refractivity contribution in [1.82, 2.24) is 9.97 Å². The molecule has 1 heterocycles. The van der Waals surface area contributed by atoms with Gasteiger partial charge in [0.25, 0.3) is 0 Å². The van der Waals surface area contributed by atoms with Crippen molar-refractivity contribution in [2.45, 2.75) is 26.9 Å². The van der Waals surface area contributed by atoms with Gasteiger partial charge in [0, 0.05) is 18.2 Å². The molecule has 0 aliphatic heterocycles. The van der Waals surface area contributed by atoms with E-state index in [2.05, 4.69) is 15.3 Å². The van der Waals surface area contributed by atoms with Crippen LogP contribution in [0.3, 0.4) is 0 Å². The van der Waals surface area contributed by atoms with Gasteiger partial charge in [0.15, 0.2) is 0 Å². The van der Waals surface area contributed by atoms with Crippen molar-refractivity contribution in [3.8, 4) is 11.3 Å². The molecule has 0 amide bonds. The monoisotopic (exact) mass is 295 g/mol. The highest BCUT2D eigenvalue weighted by molar-refractivity contribution is 5.64. The van der Waals surface area contributed by atoms with Gasteiger partial charge in [-0.05, 0) is 32.9 Å². The second-order valence-electron chi connectivity index (χ2n) is 4.87. The van der Waals surface area contributed by atoms with Crippen LogP contribution in [0.4, 0.5) is 19.0 Å². The number of benzene rings is 1. The number of hydrogen-bond acceptors (Lipinski definition) is 3. The SMILES string of the molecule is CCNc1cc(-c2cc(C)cc(C)c2)nc(C(F)(F)F)n1. The van der Waals surface area contributed by atoms with Crippen LogP contribution in [0.1, 0.15) is 23.9 Å². The number of alkyl halides is 3. The lowest BCUT2D eigenvalue weighted by molar-refractivity contribution is -0.144. The number of anilines is 1. The van der Waals surface area contributed by atoms with Crippen LogP contribution < -0.4 is 5.32 Å². The standard InChI is InChI=1S/C15H16F3N3/c1-4-19-13-8-12(20-14(21-13)15(16,17)18)11-6-9(2)5-10(3)7-11/h5-8H,4H2,1-3H3,(H,19,20,21). The zero-order valence-corrected chi connectivity index (χ0v) is 12.0. The molecule has 0 radical (unpaired) electrons. The molecule has 0 atom stereocenters. The van der Waals surface area contributed by atoms with Crippen molar-refractivity contribution < 1.29 is 13.2 Å². The third kappa shape index (κ3) is 3.71. The number of nitrogens with zero attached hydrogens (tertiary/aromatic N) is 2. The van der Waals surface area contributed by atoms with Crippen molar-refractivity contribution in [3.05, 3.63) is 41.2 Å². The molecule has 0 aliphatic rings. The Morgan fingerprint density at radius 1 is 1.00 bits per heavy atom. The first-order valence-electron chi connectivity index (χ1n) is 6.58. The van der Waals surface area contributed by atoms with Crippen LogP contribution in [0.5, 0.6) is 0 Å². The van der Waals surface area contributed by atoms with Crippen molar-refractivity contribution >= 4 is 5.82 Å². The summed E-state index contributed by atoms with van der Waals surface area (Å²) in [6.45, 7) is 6.08. The second-order valence-corrected chi connectivity index (χ2v) is 4.87. The molecule has 0 aliphatic carbocycles. The molecular weight excluding hydrogens is 279 g/mol. The number of nitrogens with one attached hydrogen (secondary N) is 1. The van der Waals surface area contributed by atoms with E-state index in [-0.39, 0.29) is 11.5 Å². The average Bonchev–Trinajstić information content (AvgIpc) is 2.36. The maximum Gasteiger partial charge on any atom is 0.451 e. The van der Waals surface area contributed by atoms with Gasteiger partial charge in [-0.25, -0.2) is 9.97 Å². The van der Waals surface area contributed by atoms with E-state index in [0.29, 0.717) is 12.1 Å². The van der Waals surface area contributed by atoms with Gasteiger partial charge in [0.1, 0.15) is 5.82 Å². The molecule has 0 saturated carbocycles. The summed E-state index contributed by atoms with van der Waals surface area (Å²) in [5.41, 5.74) is 2.86. The molecule has 1 aromatic carbocycles. The van der Waals surface area contributed by atoms with Gasteiger partial charge in [-0.1, -0.05) is 17.2 Å². The summed E-state index contributed by atoms with van der Waals surface area (Å²) >= 11 is 0. The van der Waals surface area contributed by atoms with Crippen molar-refractivity contribution in [2.75, 3.05) is 11.9 Å². The number of aryl methyl sites for hydroxylation is 2. The fraction of sp³-hybridized carbons (Fsp3) is 0.333. The molecule has 0 bridgehead atoms. The molecule has 21 heavy (non-hydrogen) atoms. The highest BCUT2D eigenvalue weighted by Crippen LogP contribution is 2.30. The fourth-order valence-electron chi connectivity index (χ4n) is 2.12. The van der Waals surface area contributed by atoms with Crippen molar-refractivity contribution in [2.24, 2.45) is 0 Å². The summed E-state index contributed by atoms with van der Waals surface area (Å²) in [4.78, 5) is 7.18. The minimum Gasteiger partial charge on any atom is -0.370 e. The van der Waals surface area contributed by atoms with E-state index >= 15 is 0 Å². The first-order chi connectivity index (χ1) is 9.79. The van der Waals surface area contributed by atoms with E-state index in [1.54, 1.807) is 6.92 Å². The summed E-state index contributed by atoms with van der Waals surface area (Å²) in [7, 11) is 0. The van der Waals surface area contributed by atoms with Crippen LogP contribution in [0.2, 0.25) is 0 Å². The molecule has 3 nitrogen and oxygen atoms in total. The van der Waals surface area contributed by atoms with Gasteiger partial charge in [-0.3, -0.25) is 0 Å². The Balaban J connectivity index is 2.59. The van der Waals surface area contributed by atoms with E-state index in [1.807, 2.05) is 32.0 Å². The van der Waals surface area contributed by atoms with Crippen LogP contribution >= 0.6 is 0 Å². The van der Waals surface area contributed by atoms with E-state index in [1.165, 1.54) is 6.07 Å². The average molecular weight is 295 g/mol. The molecule has 2 aromatic rings. The molecule has 6 heteroatoms. The van der Waals surface area contributed by atoms with Gasteiger partial charge in [-0.2, -0.15) is 13.2 Å². The van der Waals surface area contributed by atoms with Crippen LogP contribution in [0.15, 0.2) is 24.3 Å². The van der Waals surface area contributed by atoms with Gasteiger partial charge < -0.3 is 5.32 Å². The second kappa shape index (κ2) is 5.71. The lowest BCUT2D eigenvalue weighted by Gasteiger charge is -2.12. The largest absolute Gasteiger partial charge is 0.451 e. The lowest BCUT2D eigenvalue weighted by atomic mass is 10.0. The lowest BCUT2D eigenvalue weighted by Crippen LogP contribution is -2.13. The van der Waals surface area contributed by atoms with E-state index in [9.17, 15) is 13.2 Å².